The smallest absolute Gasteiger partial charge is 0.383 e. The molecule has 0 fully saturated rings. The Kier molecular flexibility index (Phi) is 16.6. The van der Waals surface area contributed by atoms with Crippen LogP contribution in [-0.4, -0.2) is 19.8 Å². The number of benzene rings is 1. The van der Waals surface area contributed by atoms with Crippen LogP contribution in [0.2, 0.25) is 0 Å². The Bertz CT molecular complexity index is 1130. The van der Waals surface area contributed by atoms with Gasteiger partial charge in [0.15, 0.2) is 17.1 Å². The number of allylic oxidation sites excluding steroid dienone is 4. The monoisotopic (exact) mass is 552 g/mol. The number of fused-ring (bicyclic) bond motifs is 1. The molecule has 0 atom stereocenters. The summed E-state index contributed by atoms with van der Waals surface area (Å²) in [4.78, 5) is 13.1. The fourth-order valence-electron chi connectivity index (χ4n) is 4.42. The van der Waals surface area contributed by atoms with Gasteiger partial charge in [-0.05, 0) is 71.1 Å². The van der Waals surface area contributed by atoms with E-state index in [-0.39, 0.29) is 12.4 Å². The summed E-state index contributed by atoms with van der Waals surface area (Å²) in [6, 6.07) is 5.65. The van der Waals surface area contributed by atoms with Crippen LogP contribution < -0.4 is 19.8 Å². The lowest BCUT2D eigenvalue weighted by Gasteiger charge is -2.15. The van der Waals surface area contributed by atoms with Crippen LogP contribution in [0.5, 0.6) is 17.2 Å². The van der Waals surface area contributed by atoms with Gasteiger partial charge in [-0.25, -0.2) is 4.79 Å². The standard InChI is InChI=1S/C35H52O5/c1-6-8-10-12-13-14-15-17-25-37-31-23-19-22-30-32(31)40-35(36)34(33(30)38-26-16-11-9-7-2)39-27-24-29(5)21-18-20-28(3)4/h9,11,19-20,22-24H,6-8,10,12-18,21,25-27H2,1-5H3/b11-9?,29-24+. The van der Waals surface area contributed by atoms with Crippen LogP contribution in [-0.2, 0) is 0 Å². The highest BCUT2D eigenvalue weighted by Crippen LogP contribution is 2.37. The molecule has 0 saturated heterocycles. The van der Waals surface area contributed by atoms with Gasteiger partial charge in [0.1, 0.15) is 6.61 Å². The summed E-state index contributed by atoms with van der Waals surface area (Å²) in [5, 5.41) is 0.687. The van der Waals surface area contributed by atoms with Gasteiger partial charge in [-0.1, -0.05) is 94.2 Å². The summed E-state index contributed by atoms with van der Waals surface area (Å²) in [5.41, 5.74) is 2.39. The molecule has 0 N–H and O–H groups in total. The maximum atomic E-state index is 13.1. The van der Waals surface area contributed by atoms with Crippen molar-refractivity contribution in [1.29, 1.82) is 0 Å². The third-order valence-electron chi connectivity index (χ3n) is 6.75. The maximum Gasteiger partial charge on any atom is 0.383 e. The largest absolute Gasteiger partial charge is 0.490 e. The molecule has 40 heavy (non-hydrogen) atoms. The predicted molar refractivity (Wildman–Crippen MR) is 168 cm³/mol. The van der Waals surface area contributed by atoms with Crippen molar-refractivity contribution in [3.05, 3.63) is 64.1 Å². The molecule has 2 rings (SSSR count). The normalized spacial score (nSPS) is 11.8. The third-order valence-corrected chi connectivity index (χ3v) is 6.75. The second-order valence-corrected chi connectivity index (χ2v) is 10.7. The second kappa shape index (κ2) is 20.0. The minimum Gasteiger partial charge on any atom is -0.490 e. The molecule has 5 nitrogen and oxygen atoms in total. The van der Waals surface area contributed by atoms with Crippen LogP contribution in [0.4, 0.5) is 0 Å². The molecule has 0 radical (unpaired) electrons. The molecule has 0 spiro atoms. The van der Waals surface area contributed by atoms with E-state index in [0.29, 0.717) is 35.7 Å². The van der Waals surface area contributed by atoms with Crippen molar-refractivity contribution in [1.82, 2.24) is 0 Å². The number of hydrogen-bond donors (Lipinski definition) is 0. The Morgan fingerprint density at radius 3 is 2.27 bits per heavy atom. The second-order valence-electron chi connectivity index (χ2n) is 10.7. The first kappa shape index (κ1) is 33.3. The third kappa shape index (κ3) is 12.5. The molecule has 0 amide bonds. The van der Waals surface area contributed by atoms with E-state index in [0.717, 1.165) is 38.5 Å². The van der Waals surface area contributed by atoms with Gasteiger partial charge in [0.25, 0.3) is 0 Å². The zero-order chi connectivity index (χ0) is 29.0. The highest BCUT2D eigenvalue weighted by molar-refractivity contribution is 5.89. The van der Waals surface area contributed by atoms with Crippen LogP contribution >= 0.6 is 0 Å². The molecule has 1 heterocycles. The van der Waals surface area contributed by atoms with Gasteiger partial charge in [0.2, 0.25) is 5.75 Å². The summed E-state index contributed by atoms with van der Waals surface area (Å²) >= 11 is 0. The van der Waals surface area contributed by atoms with E-state index >= 15 is 0 Å². The van der Waals surface area contributed by atoms with Crippen LogP contribution in [0.3, 0.4) is 0 Å². The maximum absolute atomic E-state index is 13.1. The predicted octanol–water partition coefficient (Wildman–Crippen LogP) is 10.1. The van der Waals surface area contributed by atoms with Crippen molar-refractivity contribution in [2.24, 2.45) is 0 Å². The van der Waals surface area contributed by atoms with Gasteiger partial charge in [0.05, 0.1) is 18.6 Å². The van der Waals surface area contributed by atoms with Crippen LogP contribution in [0.25, 0.3) is 11.0 Å². The number of ether oxygens (including phenoxy) is 3. The summed E-state index contributed by atoms with van der Waals surface area (Å²) in [7, 11) is 0. The highest BCUT2D eigenvalue weighted by Gasteiger charge is 2.20. The number of hydrogen-bond acceptors (Lipinski definition) is 5. The van der Waals surface area contributed by atoms with E-state index in [1.807, 2.05) is 24.3 Å². The van der Waals surface area contributed by atoms with Gasteiger partial charge in [0, 0.05) is 0 Å². The number of rotatable bonds is 21. The molecular formula is C35H52O5. The first-order valence-electron chi connectivity index (χ1n) is 15.4. The van der Waals surface area contributed by atoms with Gasteiger partial charge in [-0.15, -0.1) is 0 Å². The van der Waals surface area contributed by atoms with E-state index in [1.165, 1.54) is 49.7 Å². The molecule has 1 aromatic carbocycles. The zero-order valence-corrected chi connectivity index (χ0v) is 25.7. The minimum atomic E-state index is -0.551. The molecule has 2 aromatic rings. The van der Waals surface area contributed by atoms with Gasteiger partial charge in [-0.3, -0.25) is 0 Å². The van der Waals surface area contributed by atoms with Crippen LogP contribution in [0.1, 0.15) is 112 Å². The molecule has 0 aliphatic rings. The van der Waals surface area contributed by atoms with Crippen molar-refractivity contribution >= 4 is 11.0 Å². The van der Waals surface area contributed by atoms with Gasteiger partial charge >= 0.3 is 5.63 Å². The molecule has 0 saturated carbocycles. The van der Waals surface area contributed by atoms with E-state index in [1.54, 1.807) is 0 Å². The Balaban J connectivity index is 2.14. The van der Waals surface area contributed by atoms with E-state index in [2.05, 4.69) is 52.8 Å². The lowest BCUT2D eigenvalue weighted by molar-refractivity contribution is 0.276. The van der Waals surface area contributed by atoms with Gasteiger partial charge < -0.3 is 18.6 Å². The molecule has 222 valence electrons. The molecule has 0 aliphatic heterocycles. The lowest BCUT2D eigenvalue weighted by Crippen LogP contribution is -2.11. The van der Waals surface area contributed by atoms with Crippen molar-refractivity contribution in [3.8, 4) is 17.2 Å². The highest BCUT2D eigenvalue weighted by atomic mass is 16.5. The molecule has 0 unspecified atom stereocenters. The molecule has 0 bridgehead atoms. The summed E-state index contributed by atoms with van der Waals surface area (Å²) in [6.45, 7) is 11.9. The first-order valence-corrected chi connectivity index (χ1v) is 15.4. The average molecular weight is 553 g/mol. The summed E-state index contributed by atoms with van der Waals surface area (Å²) in [5.74, 6) is 1.10. The van der Waals surface area contributed by atoms with E-state index in [4.69, 9.17) is 18.6 Å². The Hall–Kier alpha value is -2.95. The first-order chi connectivity index (χ1) is 19.5. The quantitative estimate of drug-likeness (QED) is 0.0876. The fraction of sp³-hybridized carbons (Fsp3) is 0.571. The van der Waals surface area contributed by atoms with Crippen molar-refractivity contribution in [3.63, 3.8) is 0 Å². The lowest BCUT2D eigenvalue weighted by atomic mass is 10.1. The van der Waals surface area contributed by atoms with Crippen LogP contribution in [0.15, 0.2) is 62.9 Å². The molecule has 5 heteroatoms. The average Bonchev–Trinajstić information content (AvgIpc) is 2.93. The van der Waals surface area contributed by atoms with Crippen molar-refractivity contribution in [2.45, 2.75) is 112 Å². The van der Waals surface area contributed by atoms with E-state index in [9.17, 15) is 4.79 Å². The summed E-state index contributed by atoms with van der Waals surface area (Å²) < 4.78 is 24.0. The topological polar surface area (TPSA) is 57.9 Å². The Morgan fingerprint density at radius 1 is 0.800 bits per heavy atom. The summed E-state index contributed by atoms with van der Waals surface area (Å²) in [6.07, 6.45) is 22.0. The Morgan fingerprint density at radius 2 is 1.55 bits per heavy atom. The van der Waals surface area contributed by atoms with Crippen molar-refractivity contribution < 1.29 is 18.6 Å². The van der Waals surface area contributed by atoms with Gasteiger partial charge in [-0.2, -0.15) is 0 Å². The minimum absolute atomic E-state index is 0.112. The SMILES string of the molecule is CCC=CCCOc1c(OC/C=C(\C)CCC=C(C)C)c(=O)oc2c(OCCCCCCCCCC)cccc12. The van der Waals surface area contributed by atoms with E-state index < -0.39 is 5.63 Å². The zero-order valence-electron chi connectivity index (χ0n) is 25.7. The number of unbranched alkanes of at least 4 members (excludes halogenated alkanes) is 7. The fourth-order valence-corrected chi connectivity index (χ4v) is 4.42. The molecule has 1 aromatic heterocycles. The molecular weight excluding hydrogens is 500 g/mol. The number of para-hydroxylation sites is 1. The van der Waals surface area contributed by atoms with Crippen LogP contribution in [0, 0.1) is 0 Å². The van der Waals surface area contributed by atoms with Crippen molar-refractivity contribution in [2.75, 3.05) is 19.8 Å². The molecule has 0 aliphatic carbocycles. The Labute approximate surface area is 242 Å².